The Labute approximate surface area is 522 Å². The molecule has 0 saturated heterocycles. The SMILES string of the molecule is COc1cc(C)c(-c2cnc(NCc3c(F)ccc4c3CCO4)n3cc(C)nc23)cn1.Cc1cn2c(NCc3c(F)ccc4c3CCO4)ncc(-c3cccnc3C)c2n1.Cc1cn2c(NCc3c(F)ccc4c3CCO4)ncc(-c3cn(C(C)C)nc3C)c2n1. The largest absolute Gasteiger partial charge is 0.493 e. The van der Waals surface area contributed by atoms with Crippen LogP contribution in [0.2, 0.25) is 0 Å². The van der Waals surface area contributed by atoms with Crippen LogP contribution in [0.4, 0.5) is 31.0 Å². The van der Waals surface area contributed by atoms with Crippen molar-refractivity contribution in [3.63, 3.8) is 0 Å². The van der Waals surface area contributed by atoms with Crippen LogP contribution in [-0.4, -0.2) is 89.8 Å². The minimum atomic E-state index is -0.244. The Morgan fingerprint density at radius 2 is 0.912 bits per heavy atom. The lowest BCUT2D eigenvalue weighted by Gasteiger charge is -2.14. The second-order valence-electron chi connectivity index (χ2n) is 23.0. The number of anilines is 3. The number of benzene rings is 3. The molecule has 0 amide bonds. The third kappa shape index (κ3) is 11.6. The first-order chi connectivity index (χ1) is 44.1. The zero-order valence-electron chi connectivity index (χ0n) is 51.9. The van der Waals surface area contributed by atoms with Crippen LogP contribution in [0, 0.1) is 59.0 Å². The van der Waals surface area contributed by atoms with E-state index < -0.39 is 0 Å². The first kappa shape index (κ1) is 59.4. The topological polar surface area (TPSA) is 207 Å². The summed E-state index contributed by atoms with van der Waals surface area (Å²) in [5.74, 6) is 3.96. The lowest BCUT2D eigenvalue weighted by molar-refractivity contribution is 0.356. The molecule has 3 N–H and O–H groups in total. The molecule has 91 heavy (non-hydrogen) atoms. The van der Waals surface area contributed by atoms with Gasteiger partial charge in [-0.15, -0.1) is 0 Å². The number of imidazole rings is 3. The van der Waals surface area contributed by atoms with Crippen molar-refractivity contribution in [2.24, 2.45) is 0 Å². The van der Waals surface area contributed by atoms with E-state index in [0.717, 1.165) is 131 Å². The van der Waals surface area contributed by atoms with Crippen molar-refractivity contribution in [1.29, 1.82) is 0 Å². The zero-order chi connectivity index (χ0) is 63.2. The van der Waals surface area contributed by atoms with Gasteiger partial charge in [-0.1, -0.05) is 6.07 Å². The maximum Gasteiger partial charge on any atom is 0.213 e. The fraction of sp³-hybridized carbons (Fsp3) is 0.279. The van der Waals surface area contributed by atoms with Crippen LogP contribution < -0.4 is 34.9 Å². The van der Waals surface area contributed by atoms with E-state index in [0.29, 0.717) is 86.3 Å². The number of aryl methyl sites for hydroxylation is 6. The molecule has 0 fully saturated rings. The molecule has 3 aliphatic heterocycles. The Morgan fingerprint density at radius 3 is 1.31 bits per heavy atom. The number of halogens is 3. The number of fused-ring (bicyclic) bond motifs is 6. The molecule has 0 atom stereocenters. The monoisotopic (exact) mass is 1230 g/mol. The summed E-state index contributed by atoms with van der Waals surface area (Å²) in [5, 5.41) is 14.5. The molecule has 12 aromatic rings. The van der Waals surface area contributed by atoms with Gasteiger partial charge >= 0.3 is 0 Å². The van der Waals surface area contributed by atoms with Crippen LogP contribution in [-0.2, 0) is 38.9 Å². The number of hydrogen-bond donors (Lipinski definition) is 3. The third-order valence-corrected chi connectivity index (χ3v) is 16.5. The summed E-state index contributed by atoms with van der Waals surface area (Å²) in [4.78, 5) is 36.7. The highest BCUT2D eigenvalue weighted by Gasteiger charge is 2.25. The zero-order valence-corrected chi connectivity index (χ0v) is 51.9. The molecule has 0 saturated carbocycles. The van der Waals surface area contributed by atoms with E-state index in [-0.39, 0.29) is 23.5 Å². The molecular formula is C68H67F3N16O4. The fourth-order valence-corrected chi connectivity index (χ4v) is 12.0. The van der Waals surface area contributed by atoms with Gasteiger partial charge in [-0.05, 0) is 103 Å². The molecule has 23 heteroatoms. The number of pyridine rings is 2. The van der Waals surface area contributed by atoms with Crippen molar-refractivity contribution in [3.05, 3.63) is 195 Å². The van der Waals surface area contributed by atoms with Gasteiger partial charge in [0.1, 0.15) is 51.6 Å². The van der Waals surface area contributed by atoms with E-state index in [9.17, 15) is 13.2 Å². The highest BCUT2D eigenvalue weighted by Crippen LogP contribution is 2.36. The number of nitrogens with one attached hydrogen (secondary N) is 3. The quantitative estimate of drug-likeness (QED) is 0.0925. The standard InChI is InChI=1S/C23H25FN6O.C23H22FN5O2.C22H20FN5O/c1-13(2)30-12-19(15(4)28-30)18-10-26-23(29-11-14(3)27-22(18)29)25-9-17-16-7-8-31-21(16)6-5-20(17)24;1-13-8-21(30-3)25-9-16(13)18-11-27-23(29-12-14(2)28-22(18)29)26-10-17-15-6-7-31-20(15)5-4-19(17)24;1-13-12-28-21(27-13)18(15-4-3-8-24-14(15)2)11-26-22(28)25-10-17-16-7-9-29-20(16)6-5-19(17)23/h5-6,10-13H,7-9H2,1-4H3,(H,25,26);4-5,8-9,11-12H,6-7,10H2,1-3H3,(H,26,27);3-6,8,11-12H,7,9-10H2,1-2H3,(H,25,26). The van der Waals surface area contributed by atoms with Crippen molar-refractivity contribution in [1.82, 2.24) is 62.9 Å². The molecule has 15 rings (SSSR count). The van der Waals surface area contributed by atoms with Crippen LogP contribution >= 0.6 is 0 Å². The number of rotatable bonds is 14. The molecule has 3 aromatic carbocycles. The summed E-state index contributed by atoms with van der Waals surface area (Å²) >= 11 is 0. The van der Waals surface area contributed by atoms with Gasteiger partial charge in [-0.2, -0.15) is 5.10 Å². The first-order valence-electron chi connectivity index (χ1n) is 30.1. The Hall–Kier alpha value is -10.6. The average molecular weight is 1230 g/mol. The molecule has 0 unspecified atom stereocenters. The Kier molecular flexibility index (Phi) is 16.2. The van der Waals surface area contributed by atoms with E-state index in [1.54, 1.807) is 50.1 Å². The molecule has 0 radical (unpaired) electrons. The van der Waals surface area contributed by atoms with Crippen molar-refractivity contribution in [2.45, 2.75) is 100 Å². The highest BCUT2D eigenvalue weighted by molar-refractivity contribution is 5.82. The maximum atomic E-state index is 14.5. The molecule has 9 aromatic heterocycles. The van der Waals surface area contributed by atoms with Gasteiger partial charge in [-0.25, -0.2) is 48.1 Å². The van der Waals surface area contributed by atoms with Crippen molar-refractivity contribution in [3.8, 4) is 56.5 Å². The van der Waals surface area contributed by atoms with E-state index in [1.807, 2.05) is 109 Å². The minimum Gasteiger partial charge on any atom is -0.493 e. The third-order valence-electron chi connectivity index (χ3n) is 16.5. The van der Waals surface area contributed by atoms with Crippen molar-refractivity contribution >= 4 is 34.8 Å². The number of ether oxygens (including phenoxy) is 4. The van der Waals surface area contributed by atoms with E-state index >= 15 is 0 Å². The van der Waals surface area contributed by atoms with Crippen LogP contribution in [0.25, 0.3) is 50.3 Å². The van der Waals surface area contributed by atoms with Crippen LogP contribution in [0.1, 0.15) is 87.3 Å². The molecule has 3 aliphatic rings. The van der Waals surface area contributed by atoms with E-state index in [1.165, 1.54) is 18.2 Å². The minimum absolute atomic E-state index is 0.233. The van der Waals surface area contributed by atoms with Crippen LogP contribution in [0.5, 0.6) is 23.1 Å². The smallest absolute Gasteiger partial charge is 0.213 e. The average Bonchev–Trinajstić information content (AvgIpc) is 1.84. The van der Waals surface area contributed by atoms with Crippen LogP contribution in [0.3, 0.4) is 0 Å². The summed E-state index contributed by atoms with van der Waals surface area (Å²) in [6, 6.07) is 15.5. The second kappa shape index (κ2) is 24.8. The van der Waals surface area contributed by atoms with E-state index in [2.05, 4.69) is 64.8 Å². The first-order valence-corrected chi connectivity index (χ1v) is 30.1. The number of nitrogens with zero attached hydrogens (tertiary/aromatic N) is 13. The van der Waals surface area contributed by atoms with Crippen molar-refractivity contribution in [2.75, 3.05) is 42.9 Å². The van der Waals surface area contributed by atoms with Crippen LogP contribution in [0.15, 0.2) is 110 Å². The Balaban J connectivity index is 0.000000125. The summed E-state index contributed by atoms with van der Waals surface area (Å²) in [7, 11) is 1.59. The van der Waals surface area contributed by atoms with Crippen molar-refractivity contribution < 1.29 is 32.1 Å². The molecule has 0 bridgehead atoms. The maximum absolute atomic E-state index is 14.5. The number of hydrogen-bond acceptors (Lipinski definition) is 16. The lowest BCUT2D eigenvalue weighted by atomic mass is 10.0. The summed E-state index contributed by atoms with van der Waals surface area (Å²) in [5.41, 5.74) is 18.1. The van der Waals surface area contributed by atoms with E-state index in [4.69, 9.17) is 28.9 Å². The summed E-state index contributed by atoms with van der Waals surface area (Å²) in [6.45, 7) is 18.7. The molecule has 12 heterocycles. The molecule has 20 nitrogen and oxygen atoms in total. The van der Waals surface area contributed by atoms with Gasteiger partial charge in [-0.3, -0.25) is 22.9 Å². The van der Waals surface area contributed by atoms with Gasteiger partial charge in [0.05, 0.1) is 49.7 Å². The van der Waals surface area contributed by atoms with Gasteiger partial charge in [0.2, 0.25) is 23.7 Å². The fourth-order valence-electron chi connectivity index (χ4n) is 12.0. The predicted octanol–water partition coefficient (Wildman–Crippen LogP) is 12.7. The van der Waals surface area contributed by atoms with Gasteiger partial charge < -0.3 is 34.9 Å². The normalized spacial score (nSPS) is 12.8. The Bertz CT molecular complexity index is 4770. The summed E-state index contributed by atoms with van der Waals surface area (Å²) < 4.78 is 73.1. The molecule has 0 spiro atoms. The lowest BCUT2D eigenvalue weighted by Crippen LogP contribution is -2.10. The van der Waals surface area contributed by atoms with Gasteiger partial charge in [0.15, 0.2) is 0 Å². The highest BCUT2D eigenvalue weighted by atomic mass is 19.1. The van der Waals surface area contributed by atoms with Gasteiger partial charge in [0, 0.05) is 179 Å². The number of methoxy groups -OCH3 is 1. The predicted molar refractivity (Wildman–Crippen MR) is 341 cm³/mol. The molecule has 0 aliphatic carbocycles. The molecule has 464 valence electrons. The number of aromatic nitrogens is 13. The summed E-state index contributed by atoms with van der Waals surface area (Å²) in [6.07, 6.45) is 18.9. The van der Waals surface area contributed by atoms with Gasteiger partial charge in [0.25, 0.3) is 0 Å². The Morgan fingerprint density at radius 1 is 0.495 bits per heavy atom. The molecular weight excluding hydrogens is 1160 g/mol. The second-order valence-corrected chi connectivity index (χ2v) is 23.0.